The largest absolute Gasteiger partial charge is 0.494 e. The maximum atomic E-state index is 11.8. The fourth-order valence-corrected chi connectivity index (χ4v) is 1.70. The van der Waals surface area contributed by atoms with Crippen molar-refractivity contribution in [2.45, 2.75) is 13.5 Å². The Hall–Kier alpha value is -2.73. The number of benzene rings is 1. The smallest absolute Gasteiger partial charge is 0.272 e. The Morgan fingerprint density at radius 2 is 2.09 bits per heavy atom. The first-order chi connectivity index (χ1) is 10.7. The molecule has 1 aromatic heterocycles. The lowest BCUT2D eigenvalue weighted by Gasteiger charge is -2.02. The Morgan fingerprint density at radius 1 is 1.32 bits per heavy atom. The van der Waals surface area contributed by atoms with Gasteiger partial charge in [0.15, 0.2) is 0 Å². The highest BCUT2D eigenvalue weighted by atomic mass is 16.5. The van der Waals surface area contributed by atoms with Crippen molar-refractivity contribution in [1.29, 1.82) is 0 Å². The molecule has 1 heterocycles. The summed E-state index contributed by atoms with van der Waals surface area (Å²) in [6.45, 7) is 2.39. The van der Waals surface area contributed by atoms with Gasteiger partial charge in [-0.25, -0.2) is 5.43 Å². The van der Waals surface area contributed by atoms with Crippen molar-refractivity contribution in [2.24, 2.45) is 5.10 Å². The van der Waals surface area contributed by atoms with Gasteiger partial charge in [-0.1, -0.05) is 0 Å². The predicted molar refractivity (Wildman–Crippen MR) is 82.8 cm³/mol. The van der Waals surface area contributed by atoms with E-state index in [0.717, 1.165) is 11.3 Å². The van der Waals surface area contributed by atoms with E-state index in [9.17, 15) is 4.79 Å². The molecule has 0 fully saturated rings. The van der Waals surface area contributed by atoms with Gasteiger partial charge in [-0.05, 0) is 48.9 Å². The van der Waals surface area contributed by atoms with E-state index in [1.165, 1.54) is 6.20 Å². The van der Waals surface area contributed by atoms with Gasteiger partial charge < -0.3 is 9.84 Å². The van der Waals surface area contributed by atoms with Crippen LogP contribution >= 0.6 is 0 Å². The first-order valence-corrected chi connectivity index (χ1v) is 6.85. The molecular weight excluding hydrogens is 282 g/mol. The van der Waals surface area contributed by atoms with E-state index in [1.807, 2.05) is 31.2 Å². The van der Waals surface area contributed by atoms with Crippen molar-refractivity contribution < 1.29 is 14.6 Å². The van der Waals surface area contributed by atoms with Crippen molar-refractivity contribution in [1.82, 2.24) is 10.4 Å². The molecule has 0 atom stereocenters. The van der Waals surface area contributed by atoms with E-state index in [-0.39, 0.29) is 12.5 Å². The summed E-state index contributed by atoms with van der Waals surface area (Å²) in [5, 5.41) is 12.8. The molecule has 0 saturated carbocycles. The van der Waals surface area contributed by atoms with Crippen molar-refractivity contribution in [3.8, 4) is 5.75 Å². The van der Waals surface area contributed by atoms with Crippen LogP contribution in [-0.2, 0) is 6.61 Å². The van der Waals surface area contributed by atoms with Crippen LogP contribution in [0.25, 0.3) is 0 Å². The lowest BCUT2D eigenvalue weighted by atomic mass is 10.2. The van der Waals surface area contributed by atoms with Gasteiger partial charge in [-0.15, -0.1) is 0 Å². The standard InChI is InChI=1S/C16H17N3O3/c1-2-22-15-7-3-12(4-8-15)9-18-19-16(21)13-5-6-14(11-20)17-10-13/h3-10,20H,2,11H2,1H3,(H,19,21). The molecule has 2 N–H and O–H groups in total. The van der Waals surface area contributed by atoms with Crippen LogP contribution in [0.4, 0.5) is 0 Å². The minimum Gasteiger partial charge on any atom is -0.494 e. The number of pyridine rings is 1. The minimum absolute atomic E-state index is 0.155. The molecule has 114 valence electrons. The number of carbonyl (C=O) groups is 1. The second-order valence-corrected chi connectivity index (χ2v) is 4.40. The maximum absolute atomic E-state index is 11.8. The number of aliphatic hydroxyl groups is 1. The molecule has 1 aromatic carbocycles. The van der Waals surface area contributed by atoms with Crippen LogP contribution in [0, 0.1) is 0 Å². The molecule has 0 aliphatic heterocycles. The highest BCUT2D eigenvalue weighted by Gasteiger charge is 2.04. The van der Waals surface area contributed by atoms with Crippen LogP contribution in [0.15, 0.2) is 47.7 Å². The van der Waals surface area contributed by atoms with E-state index in [4.69, 9.17) is 9.84 Å². The molecule has 0 aliphatic carbocycles. The lowest BCUT2D eigenvalue weighted by Crippen LogP contribution is -2.17. The van der Waals surface area contributed by atoms with E-state index < -0.39 is 0 Å². The van der Waals surface area contributed by atoms with E-state index >= 15 is 0 Å². The summed E-state index contributed by atoms with van der Waals surface area (Å²) < 4.78 is 5.34. The molecule has 2 aromatic rings. The number of hydrazone groups is 1. The van der Waals surface area contributed by atoms with Crippen molar-refractivity contribution >= 4 is 12.1 Å². The van der Waals surface area contributed by atoms with Crippen LogP contribution in [0.2, 0.25) is 0 Å². The van der Waals surface area contributed by atoms with E-state index in [0.29, 0.717) is 17.9 Å². The minimum atomic E-state index is -0.362. The Labute approximate surface area is 128 Å². The molecule has 0 spiro atoms. The molecule has 0 bridgehead atoms. The van der Waals surface area contributed by atoms with Crippen molar-refractivity contribution in [3.05, 3.63) is 59.4 Å². The number of rotatable bonds is 6. The quantitative estimate of drug-likeness (QED) is 0.628. The maximum Gasteiger partial charge on any atom is 0.272 e. The van der Waals surface area contributed by atoms with Crippen LogP contribution in [0.5, 0.6) is 5.75 Å². The van der Waals surface area contributed by atoms with Gasteiger partial charge in [0.1, 0.15) is 5.75 Å². The molecule has 22 heavy (non-hydrogen) atoms. The number of aliphatic hydroxyl groups excluding tert-OH is 1. The third-order valence-corrected chi connectivity index (χ3v) is 2.82. The molecule has 0 aliphatic rings. The Bertz CT molecular complexity index is 637. The number of hydrogen-bond acceptors (Lipinski definition) is 5. The first-order valence-electron chi connectivity index (χ1n) is 6.85. The zero-order valence-corrected chi connectivity index (χ0v) is 12.2. The summed E-state index contributed by atoms with van der Waals surface area (Å²) in [5.74, 6) is 0.429. The summed E-state index contributed by atoms with van der Waals surface area (Å²) in [7, 11) is 0. The van der Waals surface area contributed by atoms with E-state index in [2.05, 4.69) is 15.5 Å². The summed E-state index contributed by atoms with van der Waals surface area (Å²) in [6.07, 6.45) is 2.94. The third-order valence-electron chi connectivity index (χ3n) is 2.82. The average molecular weight is 299 g/mol. The molecular formula is C16H17N3O3. The summed E-state index contributed by atoms with van der Waals surface area (Å²) in [4.78, 5) is 15.8. The predicted octanol–water partition coefficient (Wildman–Crippen LogP) is 1.74. The fourth-order valence-electron chi connectivity index (χ4n) is 1.70. The highest BCUT2D eigenvalue weighted by molar-refractivity contribution is 5.94. The number of nitrogens with zero attached hydrogens (tertiary/aromatic N) is 2. The van der Waals surface area contributed by atoms with Crippen LogP contribution < -0.4 is 10.2 Å². The number of hydrogen-bond donors (Lipinski definition) is 2. The Kier molecular flexibility index (Phi) is 5.62. The molecule has 6 nitrogen and oxygen atoms in total. The zero-order valence-electron chi connectivity index (χ0n) is 12.2. The summed E-state index contributed by atoms with van der Waals surface area (Å²) in [6, 6.07) is 10.5. The van der Waals surface area contributed by atoms with Gasteiger partial charge in [0.2, 0.25) is 0 Å². The van der Waals surface area contributed by atoms with E-state index in [1.54, 1.807) is 18.3 Å². The Balaban J connectivity index is 1.91. The van der Waals surface area contributed by atoms with Gasteiger partial charge in [-0.3, -0.25) is 9.78 Å². The summed E-state index contributed by atoms with van der Waals surface area (Å²) >= 11 is 0. The molecule has 1 amide bonds. The molecule has 0 radical (unpaired) electrons. The van der Waals surface area contributed by atoms with Crippen molar-refractivity contribution in [3.63, 3.8) is 0 Å². The number of nitrogens with one attached hydrogen (secondary N) is 1. The zero-order chi connectivity index (χ0) is 15.8. The number of carbonyl (C=O) groups excluding carboxylic acids is 1. The molecule has 6 heteroatoms. The van der Waals surface area contributed by atoms with Crippen LogP contribution in [0.3, 0.4) is 0 Å². The number of ether oxygens (including phenoxy) is 1. The second-order valence-electron chi connectivity index (χ2n) is 4.40. The SMILES string of the molecule is CCOc1ccc(C=NNC(=O)c2ccc(CO)nc2)cc1. The topological polar surface area (TPSA) is 83.8 Å². The van der Waals surface area contributed by atoms with Crippen LogP contribution in [-0.4, -0.2) is 28.8 Å². The van der Waals surface area contributed by atoms with Crippen LogP contribution in [0.1, 0.15) is 28.5 Å². The fraction of sp³-hybridized carbons (Fsp3) is 0.188. The highest BCUT2D eigenvalue weighted by Crippen LogP contribution is 2.10. The summed E-state index contributed by atoms with van der Waals surface area (Å²) in [5.41, 5.74) is 4.15. The molecule has 0 saturated heterocycles. The monoisotopic (exact) mass is 299 g/mol. The average Bonchev–Trinajstić information content (AvgIpc) is 2.56. The van der Waals surface area contributed by atoms with Gasteiger partial charge in [0.25, 0.3) is 5.91 Å². The molecule has 2 rings (SSSR count). The first kappa shape index (κ1) is 15.7. The number of amides is 1. The normalized spacial score (nSPS) is 10.6. The Morgan fingerprint density at radius 3 is 2.68 bits per heavy atom. The molecule has 0 unspecified atom stereocenters. The van der Waals surface area contributed by atoms with Gasteiger partial charge in [-0.2, -0.15) is 5.10 Å². The van der Waals surface area contributed by atoms with Gasteiger partial charge in [0, 0.05) is 6.20 Å². The van der Waals surface area contributed by atoms with Gasteiger partial charge in [0.05, 0.1) is 30.7 Å². The lowest BCUT2D eigenvalue weighted by molar-refractivity contribution is 0.0954. The number of aromatic nitrogens is 1. The van der Waals surface area contributed by atoms with Gasteiger partial charge >= 0.3 is 0 Å². The second kappa shape index (κ2) is 7.90. The van der Waals surface area contributed by atoms with Crippen molar-refractivity contribution in [2.75, 3.05) is 6.61 Å². The third kappa shape index (κ3) is 4.39.